The monoisotopic (exact) mass is 367 g/mol. The summed E-state index contributed by atoms with van der Waals surface area (Å²) in [6, 6.07) is 15.3. The Morgan fingerprint density at radius 1 is 1.11 bits per heavy atom. The number of primary amides is 1. The molecule has 1 aliphatic rings. The lowest BCUT2D eigenvalue weighted by Crippen LogP contribution is -2.52. The molecule has 0 aromatic heterocycles. The normalized spacial score (nSPS) is 16.7. The standard InChI is InChI=1S/C20H21N3O4/c21-18(24)13-27-17-11-5-4-9-15(17)19(25)22-16-10-6-12-23(20(16)26)14-7-2-1-3-8-14/h1-5,7-9,11,16H,6,10,12-13H2,(H2,21,24)(H,22,25). The van der Waals surface area contributed by atoms with Crippen LogP contribution in [0.15, 0.2) is 54.6 Å². The van der Waals surface area contributed by atoms with Crippen molar-refractivity contribution in [1.82, 2.24) is 5.32 Å². The minimum atomic E-state index is -0.633. The van der Waals surface area contributed by atoms with Gasteiger partial charge in [-0.05, 0) is 37.1 Å². The Morgan fingerprint density at radius 2 is 1.81 bits per heavy atom. The van der Waals surface area contributed by atoms with Crippen molar-refractivity contribution in [2.24, 2.45) is 5.73 Å². The third-order valence-electron chi connectivity index (χ3n) is 4.31. The largest absolute Gasteiger partial charge is 0.483 e. The van der Waals surface area contributed by atoms with Crippen molar-refractivity contribution in [2.75, 3.05) is 18.1 Å². The van der Waals surface area contributed by atoms with E-state index in [0.717, 1.165) is 12.1 Å². The van der Waals surface area contributed by atoms with Crippen molar-refractivity contribution in [3.05, 3.63) is 60.2 Å². The summed E-state index contributed by atoms with van der Waals surface area (Å²) in [4.78, 5) is 38.1. The first-order chi connectivity index (χ1) is 13.1. The molecule has 1 fully saturated rings. The van der Waals surface area contributed by atoms with Gasteiger partial charge in [0.2, 0.25) is 5.91 Å². The summed E-state index contributed by atoms with van der Waals surface area (Å²) < 4.78 is 5.30. The molecule has 2 aromatic rings. The van der Waals surface area contributed by atoms with E-state index in [9.17, 15) is 14.4 Å². The Hall–Kier alpha value is -3.35. The number of piperidine rings is 1. The fraction of sp³-hybridized carbons (Fsp3) is 0.250. The summed E-state index contributed by atoms with van der Waals surface area (Å²) in [5, 5.41) is 2.79. The topological polar surface area (TPSA) is 102 Å². The van der Waals surface area contributed by atoms with Crippen molar-refractivity contribution in [3.8, 4) is 5.75 Å². The van der Waals surface area contributed by atoms with E-state index < -0.39 is 17.9 Å². The summed E-state index contributed by atoms with van der Waals surface area (Å²) in [5.74, 6) is -0.956. The second kappa shape index (κ2) is 8.35. The molecule has 7 heteroatoms. The smallest absolute Gasteiger partial charge is 0.255 e. The van der Waals surface area contributed by atoms with Crippen LogP contribution >= 0.6 is 0 Å². The lowest BCUT2D eigenvalue weighted by atomic mass is 10.0. The molecule has 3 N–H and O–H groups in total. The quantitative estimate of drug-likeness (QED) is 0.807. The maximum Gasteiger partial charge on any atom is 0.255 e. The zero-order valence-corrected chi connectivity index (χ0v) is 14.8. The first-order valence-electron chi connectivity index (χ1n) is 8.73. The first-order valence-corrected chi connectivity index (χ1v) is 8.73. The van der Waals surface area contributed by atoms with Gasteiger partial charge in [0.1, 0.15) is 11.8 Å². The van der Waals surface area contributed by atoms with Gasteiger partial charge >= 0.3 is 0 Å². The van der Waals surface area contributed by atoms with E-state index in [0.29, 0.717) is 13.0 Å². The Morgan fingerprint density at radius 3 is 2.56 bits per heavy atom. The molecule has 1 heterocycles. The van der Waals surface area contributed by atoms with E-state index in [4.69, 9.17) is 10.5 Å². The highest BCUT2D eigenvalue weighted by molar-refractivity contribution is 6.03. The number of amides is 3. The number of nitrogens with two attached hydrogens (primary N) is 1. The maximum atomic E-state index is 12.8. The van der Waals surface area contributed by atoms with Gasteiger partial charge in [-0.2, -0.15) is 0 Å². The highest BCUT2D eigenvalue weighted by Gasteiger charge is 2.31. The Labute approximate surface area is 157 Å². The number of anilines is 1. The van der Waals surface area contributed by atoms with Crippen LogP contribution in [0.1, 0.15) is 23.2 Å². The van der Waals surface area contributed by atoms with E-state index >= 15 is 0 Å². The molecule has 2 aromatic carbocycles. The van der Waals surface area contributed by atoms with Crippen LogP contribution in [-0.2, 0) is 9.59 Å². The molecular formula is C20H21N3O4. The van der Waals surface area contributed by atoms with Crippen molar-refractivity contribution in [3.63, 3.8) is 0 Å². The fourth-order valence-corrected chi connectivity index (χ4v) is 3.04. The first kappa shape index (κ1) is 18.4. The predicted molar refractivity (Wildman–Crippen MR) is 100 cm³/mol. The van der Waals surface area contributed by atoms with E-state index in [1.807, 2.05) is 30.3 Å². The van der Waals surface area contributed by atoms with Crippen LogP contribution in [0.25, 0.3) is 0 Å². The molecule has 1 unspecified atom stereocenters. The van der Waals surface area contributed by atoms with E-state index in [1.165, 1.54) is 0 Å². The van der Waals surface area contributed by atoms with Gasteiger partial charge in [0.15, 0.2) is 6.61 Å². The van der Waals surface area contributed by atoms with Crippen LogP contribution < -0.4 is 20.7 Å². The van der Waals surface area contributed by atoms with E-state index in [1.54, 1.807) is 29.2 Å². The van der Waals surface area contributed by atoms with E-state index in [2.05, 4.69) is 5.32 Å². The highest BCUT2D eigenvalue weighted by Crippen LogP contribution is 2.22. The molecule has 1 saturated heterocycles. The SMILES string of the molecule is NC(=O)COc1ccccc1C(=O)NC1CCCN(c2ccccc2)C1=O. The molecule has 0 bridgehead atoms. The predicted octanol–water partition coefficient (Wildman–Crippen LogP) is 1.48. The van der Waals surface area contributed by atoms with Gasteiger partial charge in [0.25, 0.3) is 11.8 Å². The number of rotatable bonds is 6. The number of carbonyl (C=O) groups excluding carboxylic acids is 3. The summed E-state index contributed by atoms with van der Waals surface area (Å²) in [7, 11) is 0. The van der Waals surface area contributed by atoms with Gasteiger partial charge in [-0.25, -0.2) is 0 Å². The molecule has 0 aliphatic carbocycles. The minimum Gasteiger partial charge on any atom is -0.483 e. The lowest BCUT2D eigenvalue weighted by molar-refractivity contribution is -0.121. The minimum absolute atomic E-state index is 0.142. The number of benzene rings is 2. The molecule has 0 saturated carbocycles. The number of para-hydroxylation sites is 2. The molecular weight excluding hydrogens is 346 g/mol. The molecule has 140 valence electrons. The zero-order valence-electron chi connectivity index (χ0n) is 14.8. The number of carbonyl (C=O) groups is 3. The molecule has 3 rings (SSSR count). The Balaban J connectivity index is 1.72. The van der Waals surface area contributed by atoms with Gasteiger partial charge in [-0.3, -0.25) is 14.4 Å². The number of hydrogen-bond acceptors (Lipinski definition) is 4. The Kier molecular flexibility index (Phi) is 5.71. The van der Waals surface area contributed by atoms with E-state index in [-0.39, 0.29) is 23.8 Å². The number of hydrogen-bond donors (Lipinski definition) is 2. The van der Waals surface area contributed by atoms with Crippen LogP contribution in [0.5, 0.6) is 5.75 Å². The second-order valence-electron chi connectivity index (χ2n) is 6.24. The molecule has 7 nitrogen and oxygen atoms in total. The molecule has 3 amide bonds. The second-order valence-corrected chi connectivity index (χ2v) is 6.24. The summed E-state index contributed by atoms with van der Waals surface area (Å²) in [5.41, 5.74) is 6.15. The molecule has 0 radical (unpaired) electrons. The summed E-state index contributed by atoms with van der Waals surface area (Å²) in [6.45, 7) is 0.294. The van der Waals surface area contributed by atoms with Crippen molar-refractivity contribution in [1.29, 1.82) is 0 Å². The van der Waals surface area contributed by atoms with Gasteiger partial charge in [0, 0.05) is 12.2 Å². The maximum absolute atomic E-state index is 12.8. The number of ether oxygens (including phenoxy) is 1. The van der Waals surface area contributed by atoms with Crippen LogP contribution in [-0.4, -0.2) is 36.9 Å². The van der Waals surface area contributed by atoms with Gasteiger partial charge in [-0.15, -0.1) is 0 Å². The molecule has 27 heavy (non-hydrogen) atoms. The molecule has 1 aliphatic heterocycles. The van der Waals surface area contributed by atoms with Crippen molar-refractivity contribution < 1.29 is 19.1 Å². The van der Waals surface area contributed by atoms with Crippen molar-refractivity contribution in [2.45, 2.75) is 18.9 Å². The Bertz CT molecular complexity index is 838. The zero-order chi connectivity index (χ0) is 19.2. The van der Waals surface area contributed by atoms with Crippen LogP contribution in [0.2, 0.25) is 0 Å². The highest BCUT2D eigenvalue weighted by atomic mass is 16.5. The lowest BCUT2D eigenvalue weighted by Gasteiger charge is -2.32. The number of nitrogens with one attached hydrogen (secondary N) is 1. The third kappa shape index (κ3) is 4.44. The fourth-order valence-electron chi connectivity index (χ4n) is 3.04. The van der Waals surface area contributed by atoms with Gasteiger partial charge < -0.3 is 20.7 Å². The molecule has 1 atom stereocenters. The van der Waals surface area contributed by atoms with Crippen LogP contribution in [0.3, 0.4) is 0 Å². The summed E-state index contributed by atoms with van der Waals surface area (Å²) in [6.07, 6.45) is 1.35. The van der Waals surface area contributed by atoms with Gasteiger partial charge in [-0.1, -0.05) is 30.3 Å². The molecule has 0 spiro atoms. The van der Waals surface area contributed by atoms with Crippen LogP contribution in [0.4, 0.5) is 5.69 Å². The van der Waals surface area contributed by atoms with Gasteiger partial charge in [0.05, 0.1) is 5.56 Å². The average Bonchev–Trinajstić information content (AvgIpc) is 2.69. The van der Waals surface area contributed by atoms with Crippen LogP contribution in [0, 0.1) is 0 Å². The number of nitrogens with zero attached hydrogens (tertiary/aromatic N) is 1. The van der Waals surface area contributed by atoms with Crippen molar-refractivity contribution >= 4 is 23.4 Å². The summed E-state index contributed by atoms with van der Waals surface area (Å²) >= 11 is 0. The average molecular weight is 367 g/mol. The third-order valence-corrected chi connectivity index (χ3v) is 4.31.